The van der Waals surface area contributed by atoms with E-state index in [1.807, 2.05) is 75.4 Å². The van der Waals surface area contributed by atoms with Crippen LogP contribution in [0.2, 0.25) is 0 Å². The van der Waals surface area contributed by atoms with Crippen molar-refractivity contribution in [2.75, 3.05) is 0 Å². The van der Waals surface area contributed by atoms with Gasteiger partial charge in [-0.25, -0.2) is 8.51 Å². The molecule has 5 rings (SSSR count). The Balaban J connectivity index is 1.55. The lowest BCUT2D eigenvalue weighted by Gasteiger charge is -2.30. The molecule has 2 heterocycles. The van der Waals surface area contributed by atoms with E-state index < -0.39 is 16.5 Å². The number of benzene rings is 3. The average molecular weight is 416 g/mol. The fourth-order valence-electron chi connectivity index (χ4n) is 3.95. The molecule has 0 N–H and O–H groups in total. The zero-order valence-corrected chi connectivity index (χ0v) is 17.8. The maximum Gasteiger partial charge on any atom is 0.260 e. The highest BCUT2D eigenvalue weighted by Crippen LogP contribution is 2.37. The van der Waals surface area contributed by atoms with E-state index in [0.29, 0.717) is 4.91 Å². The fourth-order valence-corrected chi connectivity index (χ4v) is 5.40. The third-order valence-corrected chi connectivity index (χ3v) is 7.09. The van der Waals surface area contributed by atoms with E-state index in [-0.39, 0.29) is 5.91 Å². The molecule has 1 aliphatic heterocycles. The van der Waals surface area contributed by atoms with Crippen molar-refractivity contribution in [3.05, 3.63) is 78.4 Å². The number of amides is 1. The van der Waals surface area contributed by atoms with Gasteiger partial charge in [-0.1, -0.05) is 60.7 Å². The molecule has 3 aromatic carbocycles. The van der Waals surface area contributed by atoms with Gasteiger partial charge in [-0.05, 0) is 38.0 Å². The molecule has 5 heteroatoms. The molecular formula is C25H21NO3S. The second-order valence-corrected chi connectivity index (χ2v) is 9.72. The van der Waals surface area contributed by atoms with Crippen molar-refractivity contribution in [2.24, 2.45) is 0 Å². The third-order valence-electron chi connectivity index (χ3n) is 5.30. The highest BCUT2D eigenvalue weighted by molar-refractivity contribution is 7.93. The van der Waals surface area contributed by atoms with E-state index >= 15 is 0 Å². The fraction of sp³-hybridized carbons (Fsp3) is 0.160. The monoisotopic (exact) mass is 415 g/mol. The lowest BCUT2D eigenvalue weighted by Crippen LogP contribution is -2.43. The van der Waals surface area contributed by atoms with Gasteiger partial charge >= 0.3 is 0 Å². The minimum absolute atomic E-state index is 0.216. The number of fused-ring (bicyclic) bond motifs is 3. The van der Waals surface area contributed by atoms with E-state index in [0.717, 1.165) is 38.6 Å². The molecule has 1 aliphatic rings. The molecule has 0 aliphatic carbocycles. The number of carbonyl (C=O) groups is 1. The van der Waals surface area contributed by atoms with Crippen molar-refractivity contribution >= 4 is 43.7 Å². The summed E-state index contributed by atoms with van der Waals surface area (Å²) < 4.78 is 20.5. The summed E-state index contributed by atoms with van der Waals surface area (Å²) in [6.45, 7) is 5.66. The highest BCUT2D eigenvalue weighted by atomic mass is 32.2. The van der Waals surface area contributed by atoms with E-state index in [1.54, 1.807) is 0 Å². The van der Waals surface area contributed by atoms with E-state index in [2.05, 4.69) is 12.1 Å². The summed E-state index contributed by atoms with van der Waals surface area (Å²) in [6, 6.07) is 22.0. The second kappa shape index (κ2) is 6.67. The molecule has 0 spiro atoms. The van der Waals surface area contributed by atoms with Crippen molar-refractivity contribution in [3.63, 3.8) is 0 Å². The summed E-state index contributed by atoms with van der Waals surface area (Å²) in [6.07, 6.45) is 1.48. The Bertz CT molecular complexity index is 1360. The summed E-state index contributed by atoms with van der Waals surface area (Å²) in [5, 5.41) is 2.18. The summed E-state index contributed by atoms with van der Waals surface area (Å²) in [5.41, 5.74) is 4.01. The van der Waals surface area contributed by atoms with Gasteiger partial charge in [0.1, 0.15) is 11.2 Å². The first kappa shape index (κ1) is 18.8. The van der Waals surface area contributed by atoms with Gasteiger partial charge in [-0.2, -0.15) is 0 Å². The highest BCUT2D eigenvalue weighted by Gasteiger charge is 2.38. The molecular weight excluding hydrogens is 394 g/mol. The maximum absolute atomic E-state index is 12.9. The van der Waals surface area contributed by atoms with Crippen molar-refractivity contribution < 1.29 is 13.4 Å². The predicted octanol–water partition coefficient (Wildman–Crippen LogP) is 5.90. The summed E-state index contributed by atoms with van der Waals surface area (Å²) in [7, 11) is -1.51. The molecule has 0 radical (unpaired) electrons. The number of hydrogen-bond donors (Lipinski definition) is 0. The topological polar surface area (TPSA) is 50.5 Å². The van der Waals surface area contributed by atoms with Crippen LogP contribution in [0.1, 0.15) is 26.3 Å². The normalized spacial score (nSPS) is 17.2. The summed E-state index contributed by atoms with van der Waals surface area (Å²) >= 11 is 0. The SMILES string of the molecule is CC(C)(C)N1C(=O)C=C(c2ccc(-c3cccc4c3oc3ccccc34)cc2)S1=O. The minimum Gasteiger partial charge on any atom is -0.455 e. The quantitative estimate of drug-likeness (QED) is 0.410. The Morgan fingerprint density at radius 1 is 0.833 bits per heavy atom. The van der Waals surface area contributed by atoms with Crippen LogP contribution in [0.15, 0.2) is 77.2 Å². The van der Waals surface area contributed by atoms with Crippen molar-refractivity contribution in [2.45, 2.75) is 26.3 Å². The molecule has 1 unspecified atom stereocenters. The molecule has 0 fully saturated rings. The molecule has 4 nitrogen and oxygen atoms in total. The van der Waals surface area contributed by atoms with Gasteiger partial charge in [0.2, 0.25) is 0 Å². The Kier molecular flexibility index (Phi) is 4.19. The number of furan rings is 1. The summed E-state index contributed by atoms with van der Waals surface area (Å²) in [4.78, 5) is 12.9. The molecule has 0 bridgehead atoms. The second-order valence-electron chi connectivity index (χ2n) is 8.42. The standard InChI is InChI=1S/C25H21NO3S/c1-25(2,3)26-23(27)15-22(30(26)28)17-13-11-16(12-14-17)18-8-6-9-20-19-7-4-5-10-21(19)29-24(18)20/h4-15H,1-3H3. The third kappa shape index (κ3) is 2.89. The summed E-state index contributed by atoms with van der Waals surface area (Å²) in [5.74, 6) is -0.216. The number of rotatable bonds is 2. The van der Waals surface area contributed by atoms with E-state index in [1.165, 1.54) is 10.4 Å². The maximum atomic E-state index is 12.9. The number of nitrogens with zero attached hydrogens (tertiary/aromatic N) is 1. The van der Waals surface area contributed by atoms with Gasteiger partial charge in [0.05, 0.1) is 4.91 Å². The lowest BCUT2D eigenvalue weighted by molar-refractivity contribution is -0.123. The smallest absolute Gasteiger partial charge is 0.260 e. The zero-order valence-electron chi connectivity index (χ0n) is 17.0. The minimum atomic E-state index is -1.51. The van der Waals surface area contributed by atoms with Crippen LogP contribution in [0.5, 0.6) is 0 Å². The van der Waals surface area contributed by atoms with Crippen molar-refractivity contribution in [1.29, 1.82) is 0 Å². The van der Waals surface area contributed by atoms with Gasteiger partial charge in [0, 0.05) is 28.0 Å². The van der Waals surface area contributed by atoms with Crippen LogP contribution in [0, 0.1) is 0 Å². The Labute approximate surface area is 177 Å². The molecule has 150 valence electrons. The average Bonchev–Trinajstić information content (AvgIpc) is 3.24. The first-order valence-electron chi connectivity index (χ1n) is 9.83. The van der Waals surface area contributed by atoms with E-state index in [4.69, 9.17) is 4.42 Å². The van der Waals surface area contributed by atoms with Crippen LogP contribution in [-0.4, -0.2) is 20.0 Å². The number of para-hydroxylation sites is 2. The van der Waals surface area contributed by atoms with Gasteiger partial charge in [-0.15, -0.1) is 0 Å². The van der Waals surface area contributed by atoms with Gasteiger partial charge < -0.3 is 4.42 Å². The molecule has 1 atom stereocenters. The van der Waals surface area contributed by atoms with Crippen LogP contribution in [0.3, 0.4) is 0 Å². The van der Waals surface area contributed by atoms with Crippen LogP contribution >= 0.6 is 0 Å². The van der Waals surface area contributed by atoms with Crippen molar-refractivity contribution in [1.82, 2.24) is 4.31 Å². The number of carbonyl (C=O) groups excluding carboxylic acids is 1. The molecule has 4 aromatic rings. The van der Waals surface area contributed by atoms with Crippen molar-refractivity contribution in [3.8, 4) is 11.1 Å². The Morgan fingerprint density at radius 3 is 2.20 bits per heavy atom. The number of hydrogen-bond acceptors (Lipinski definition) is 3. The Hall–Kier alpha value is -3.18. The van der Waals surface area contributed by atoms with Crippen LogP contribution in [0.25, 0.3) is 38.0 Å². The van der Waals surface area contributed by atoms with Crippen LogP contribution < -0.4 is 0 Å². The van der Waals surface area contributed by atoms with Gasteiger partial charge in [0.25, 0.3) is 5.91 Å². The molecule has 30 heavy (non-hydrogen) atoms. The predicted molar refractivity (Wildman–Crippen MR) is 122 cm³/mol. The molecule has 0 saturated carbocycles. The van der Waals surface area contributed by atoms with Gasteiger partial charge in [-0.3, -0.25) is 4.79 Å². The van der Waals surface area contributed by atoms with Crippen LogP contribution in [0.4, 0.5) is 0 Å². The van der Waals surface area contributed by atoms with Gasteiger partial charge in [0.15, 0.2) is 11.0 Å². The molecule has 1 amide bonds. The first-order chi connectivity index (χ1) is 14.3. The molecule has 0 saturated heterocycles. The van der Waals surface area contributed by atoms with Crippen LogP contribution in [-0.2, 0) is 15.8 Å². The molecule has 1 aromatic heterocycles. The zero-order chi connectivity index (χ0) is 21.0. The first-order valence-corrected chi connectivity index (χ1v) is 10.9. The van der Waals surface area contributed by atoms with E-state index in [9.17, 15) is 9.00 Å². The largest absolute Gasteiger partial charge is 0.455 e. The lowest BCUT2D eigenvalue weighted by atomic mass is 10.0. The Morgan fingerprint density at radius 2 is 1.50 bits per heavy atom.